The summed E-state index contributed by atoms with van der Waals surface area (Å²) in [5.41, 5.74) is 7.57. The zero-order valence-corrected chi connectivity index (χ0v) is 17.4. The predicted octanol–water partition coefficient (Wildman–Crippen LogP) is 7.12. The SMILES string of the molecule is CC(NCCC1=CCC2CC2c2ccc(F)cc21)c1ccc(-c2ccccc2)cc1. The van der Waals surface area contributed by atoms with Gasteiger partial charge in [0, 0.05) is 6.04 Å². The minimum absolute atomic E-state index is 0.126. The Morgan fingerprint density at radius 1 is 0.967 bits per heavy atom. The fourth-order valence-electron chi connectivity index (χ4n) is 4.80. The zero-order chi connectivity index (χ0) is 20.5. The van der Waals surface area contributed by atoms with E-state index in [1.165, 1.54) is 34.2 Å². The fourth-order valence-corrected chi connectivity index (χ4v) is 4.80. The number of allylic oxidation sites excluding steroid dienone is 1. The average molecular weight is 398 g/mol. The van der Waals surface area contributed by atoms with Gasteiger partial charge in [-0.25, -0.2) is 4.39 Å². The molecule has 3 unspecified atom stereocenters. The molecule has 1 fully saturated rings. The molecule has 0 aromatic heterocycles. The lowest BCUT2D eigenvalue weighted by atomic mass is 9.95. The second kappa shape index (κ2) is 8.20. The Bertz CT molecular complexity index is 1050. The molecule has 5 rings (SSSR count). The van der Waals surface area contributed by atoms with Crippen LogP contribution in [-0.4, -0.2) is 6.54 Å². The summed E-state index contributed by atoms with van der Waals surface area (Å²) in [5, 5.41) is 3.66. The lowest BCUT2D eigenvalue weighted by molar-refractivity contribution is 0.583. The number of hydrogen-bond acceptors (Lipinski definition) is 1. The van der Waals surface area contributed by atoms with E-state index in [1.54, 1.807) is 12.1 Å². The maximum Gasteiger partial charge on any atom is 0.123 e. The average Bonchev–Trinajstić information content (AvgIpc) is 3.57. The van der Waals surface area contributed by atoms with E-state index in [0.29, 0.717) is 5.92 Å². The molecule has 2 heteroatoms. The van der Waals surface area contributed by atoms with E-state index in [-0.39, 0.29) is 11.9 Å². The number of halogens is 1. The molecule has 2 aliphatic rings. The number of hydrogen-bond donors (Lipinski definition) is 1. The molecule has 30 heavy (non-hydrogen) atoms. The summed E-state index contributed by atoms with van der Waals surface area (Å²) in [6.07, 6.45) is 5.68. The second-order valence-electron chi connectivity index (χ2n) is 8.71. The highest BCUT2D eigenvalue weighted by molar-refractivity contribution is 5.71. The van der Waals surface area contributed by atoms with Crippen LogP contribution >= 0.6 is 0 Å². The molecular weight excluding hydrogens is 369 g/mol. The molecule has 0 bridgehead atoms. The summed E-state index contributed by atoms with van der Waals surface area (Å²) < 4.78 is 13.9. The van der Waals surface area contributed by atoms with Crippen LogP contribution in [0, 0.1) is 11.7 Å². The first-order valence-electron chi connectivity index (χ1n) is 11.1. The van der Waals surface area contributed by atoms with Crippen molar-refractivity contribution >= 4 is 5.57 Å². The van der Waals surface area contributed by atoms with Gasteiger partial charge in [0.25, 0.3) is 0 Å². The van der Waals surface area contributed by atoms with Gasteiger partial charge in [0.1, 0.15) is 5.82 Å². The Morgan fingerprint density at radius 2 is 1.73 bits per heavy atom. The quantitative estimate of drug-likeness (QED) is 0.467. The molecular formula is C28H28FN. The molecule has 0 aliphatic heterocycles. The first kappa shape index (κ1) is 19.3. The van der Waals surface area contributed by atoms with Crippen LogP contribution in [0.3, 0.4) is 0 Å². The molecule has 2 aliphatic carbocycles. The standard InChI is InChI=1S/C28H28FN/c1-19(20-7-9-22(10-8-20)21-5-3-2-4-6-21)30-16-15-23-11-12-24-17-27(24)26-14-13-25(29)18-28(23)26/h2-11,13-14,18-19,24,27,30H,12,15-17H2,1H3. The van der Waals surface area contributed by atoms with E-state index in [2.05, 4.69) is 66.8 Å². The van der Waals surface area contributed by atoms with Gasteiger partial charge in [-0.3, -0.25) is 0 Å². The lowest BCUT2D eigenvalue weighted by Gasteiger charge is -2.17. The van der Waals surface area contributed by atoms with E-state index >= 15 is 0 Å². The van der Waals surface area contributed by atoms with Crippen LogP contribution in [0.5, 0.6) is 0 Å². The van der Waals surface area contributed by atoms with E-state index in [0.717, 1.165) is 30.9 Å². The number of rotatable bonds is 6. The molecule has 1 N–H and O–H groups in total. The van der Waals surface area contributed by atoms with Crippen molar-refractivity contribution in [1.29, 1.82) is 0 Å². The zero-order valence-electron chi connectivity index (χ0n) is 17.4. The molecule has 3 atom stereocenters. The van der Waals surface area contributed by atoms with Crippen LogP contribution in [0.25, 0.3) is 16.7 Å². The van der Waals surface area contributed by atoms with Crippen molar-refractivity contribution in [3.63, 3.8) is 0 Å². The van der Waals surface area contributed by atoms with Crippen LogP contribution in [0.15, 0.2) is 78.9 Å². The molecule has 1 nitrogen and oxygen atoms in total. The molecule has 0 spiro atoms. The van der Waals surface area contributed by atoms with Crippen molar-refractivity contribution in [2.45, 2.75) is 38.1 Å². The smallest absolute Gasteiger partial charge is 0.123 e. The van der Waals surface area contributed by atoms with E-state index in [4.69, 9.17) is 0 Å². The summed E-state index contributed by atoms with van der Waals surface area (Å²) in [6, 6.07) is 24.9. The predicted molar refractivity (Wildman–Crippen MR) is 123 cm³/mol. The van der Waals surface area contributed by atoms with Crippen LogP contribution in [-0.2, 0) is 0 Å². The van der Waals surface area contributed by atoms with E-state index < -0.39 is 0 Å². The molecule has 0 saturated heterocycles. The first-order chi connectivity index (χ1) is 14.7. The minimum Gasteiger partial charge on any atom is -0.310 e. The summed E-state index contributed by atoms with van der Waals surface area (Å²) in [4.78, 5) is 0. The number of benzene rings is 3. The molecule has 3 aromatic carbocycles. The van der Waals surface area contributed by atoms with Gasteiger partial charge in [-0.1, -0.05) is 66.7 Å². The van der Waals surface area contributed by atoms with Gasteiger partial charge in [0.2, 0.25) is 0 Å². The molecule has 0 radical (unpaired) electrons. The highest BCUT2D eigenvalue weighted by Gasteiger charge is 2.40. The third kappa shape index (κ3) is 3.97. The maximum atomic E-state index is 13.9. The van der Waals surface area contributed by atoms with Crippen molar-refractivity contribution in [3.8, 4) is 11.1 Å². The van der Waals surface area contributed by atoms with Gasteiger partial charge in [-0.05, 0) is 90.1 Å². The van der Waals surface area contributed by atoms with Crippen LogP contribution in [0.4, 0.5) is 4.39 Å². The minimum atomic E-state index is -0.126. The Balaban J connectivity index is 1.23. The van der Waals surface area contributed by atoms with Gasteiger partial charge in [-0.2, -0.15) is 0 Å². The van der Waals surface area contributed by atoms with E-state index in [1.807, 2.05) is 12.1 Å². The number of fused-ring (bicyclic) bond motifs is 3. The Labute approximate surface area is 178 Å². The normalized spacial score (nSPS) is 20.5. The summed E-state index contributed by atoms with van der Waals surface area (Å²) in [7, 11) is 0. The first-order valence-corrected chi connectivity index (χ1v) is 11.1. The summed E-state index contributed by atoms with van der Waals surface area (Å²) in [6.45, 7) is 3.10. The largest absolute Gasteiger partial charge is 0.310 e. The molecule has 152 valence electrons. The molecule has 0 amide bonds. The van der Waals surface area contributed by atoms with Gasteiger partial charge in [0.15, 0.2) is 0 Å². The van der Waals surface area contributed by atoms with Crippen LogP contribution in [0.1, 0.15) is 54.8 Å². The Kier molecular flexibility index (Phi) is 5.26. The van der Waals surface area contributed by atoms with Gasteiger partial charge in [-0.15, -0.1) is 0 Å². The van der Waals surface area contributed by atoms with Gasteiger partial charge < -0.3 is 5.32 Å². The highest BCUT2D eigenvalue weighted by Crippen LogP contribution is 2.54. The molecule has 3 aromatic rings. The molecule has 1 saturated carbocycles. The van der Waals surface area contributed by atoms with E-state index in [9.17, 15) is 4.39 Å². The summed E-state index contributed by atoms with van der Waals surface area (Å²) >= 11 is 0. The lowest BCUT2D eigenvalue weighted by Crippen LogP contribution is -2.20. The van der Waals surface area contributed by atoms with Gasteiger partial charge in [0.05, 0.1) is 0 Å². The van der Waals surface area contributed by atoms with Gasteiger partial charge >= 0.3 is 0 Å². The third-order valence-electron chi connectivity index (χ3n) is 6.71. The van der Waals surface area contributed by atoms with Crippen LogP contribution in [0.2, 0.25) is 0 Å². The maximum absolute atomic E-state index is 13.9. The summed E-state index contributed by atoms with van der Waals surface area (Å²) in [5.74, 6) is 1.28. The molecule has 0 heterocycles. The van der Waals surface area contributed by atoms with Crippen molar-refractivity contribution in [1.82, 2.24) is 5.32 Å². The highest BCUT2D eigenvalue weighted by atomic mass is 19.1. The fraction of sp³-hybridized carbons (Fsp3) is 0.286. The Hall–Kier alpha value is -2.71. The van der Waals surface area contributed by atoms with Crippen molar-refractivity contribution in [2.75, 3.05) is 6.54 Å². The monoisotopic (exact) mass is 397 g/mol. The number of nitrogens with one attached hydrogen (secondary N) is 1. The Morgan fingerprint density at radius 3 is 2.53 bits per heavy atom. The third-order valence-corrected chi connectivity index (χ3v) is 6.71. The van der Waals surface area contributed by atoms with Crippen molar-refractivity contribution in [2.24, 2.45) is 5.92 Å². The second-order valence-corrected chi connectivity index (χ2v) is 8.71. The van der Waals surface area contributed by atoms with Crippen molar-refractivity contribution < 1.29 is 4.39 Å². The van der Waals surface area contributed by atoms with Crippen molar-refractivity contribution in [3.05, 3.63) is 101 Å². The van der Waals surface area contributed by atoms with Crippen LogP contribution < -0.4 is 5.32 Å². The topological polar surface area (TPSA) is 12.0 Å².